The molecule has 2 heterocycles. The Balaban J connectivity index is 0.00000218. The van der Waals surface area contributed by atoms with Gasteiger partial charge in [0.1, 0.15) is 12.4 Å². The molecule has 7 nitrogen and oxygen atoms in total. The molecule has 4 fully saturated rings. The van der Waals surface area contributed by atoms with Crippen molar-refractivity contribution < 1.29 is 4.74 Å². The lowest BCUT2D eigenvalue weighted by Crippen LogP contribution is -2.69. The van der Waals surface area contributed by atoms with Crippen molar-refractivity contribution in [3.63, 3.8) is 0 Å². The van der Waals surface area contributed by atoms with Gasteiger partial charge in [0, 0.05) is 37.1 Å². The number of nitrogens with one attached hydrogen (secondary N) is 2. The number of ether oxygens (including phenoxy) is 1. The van der Waals surface area contributed by atoms with Crippen LogP contribution in [0.25, 0.3) is 0 Å². The van der Waals surface area contributed by atoms with Crippen molar-refractivity contribution in [1.29, 1.82) is 0 Å². The van der Waals surface area contributed by atoms with Gasteiger partial charge >= 0.3 is 0 Å². The predicted octanol–water partition coefficient (Wildman–Crippen LogP) is 3.46. The topological polar surface area (TPSA) is 76.4 Å². The van der Waals surface area contributed by atoms with Crippen LogP contribution in [0, 0.1) is 18.3 Å². The highest BCUT2D eigenvalue weighted by Crippen LogP contribution is 2.60. The molecular formula is C22H37IN6O. The van der Waals surface area contributed by atoms with E-state index in [4.69, 9.17) is 9.73 Å². The van der Waals surface area contributed by atoms with Gasteiger partial charge in [0.2, 0.25) is 0 Å². The summed E-state index contributed by atoms with van der Waals surface area (Å²) in [5, 5.41) is 16.2. The quantitative estimate of drug-likeness (QED) is 0.356. The van der Waals surface area contributed by atoms with Crippen LogP contribution in [0.3, 0.4) is 0 Å². The van der Waals surface area contributed by atoms with E-state index in [0.29, 0.717) is 36.1 Å². The number of hydrogen-bond acceptors (Lipinski definition) is 4. The summed E-state index contributed by atoms with van der Waals surface area (Å²) in [7, 11) is 2.02. The fourth-order valence-corrected chi connectivity index (χ4v) is 6.36. The van der Waals surface area contributed by atoms with Gasteiger partial charge in [0.15, 0.2) is 11.8 Å². The van der Waals surface area contributed by atoms with E-state index in [2.05, 4.69) is 20.8 Å². The Bertz CT molecular complexity index is 753. The van der Waals surface area contributed by atoms with Crippen LogP contribution in [-0.2, 0) is 18.3 Å². The van der Waals surface area contributed by atoms with Gasteiger partial charge < -0.3 is 19.9 Å². The van der Waals surface area contributed by atoms with Gasteiger partial charge in [0.05, 0.1) is 6.10 Å². The van der Waals surface area contributed by atoms with Crippen molar-refractivity contribution in [1.82, 2.24) is 25.4 Å². The fraction of sp³-hybridized carbons (Fsp3) is 0.864. The largest absolute Gasteiger partial charge is 0.377 e. The van der Waals surface area contributed by atoms with Crippen LogP contribution in [0.5, 0.6) is 0 Å². The van der Waals surface area contributed by atoms with E-state index in [-0.39, 0.29) is 24.0 Å². The lowest BCUT2D eigenvalue weighted by atomic mass is 9.54. The molecule has 2 N–H and O–H groups in total. The molecule has 4 aliphatic rings. The summed E-state index contributed by atoms with van der Waals surface area (Å²) in [5.74, 6) is 3.46. The molecule has 1 aliphatic heterocycles. The number of nitrogens with zero attached hydrogens (tertiary/aromatic N) is 4. The average Bonchev–Trinajstić information content (AvgIpc) is 3.46. The third-order valence-electron chi connectivity index (χ3n) is 8.09. The molecule has 168 valence electrons. The highest BCUT2D eigenvalue weighted by molar-refractivity contribution is 14.0. The second-order valence-corrected chi connectivity index (χ2v) is 9.67. The summed E-state index contributed by atoms with van der Waals surface area (Å²) in [6.07, 6.45) is 13.4. The number of rotatable bonds is 4. The molecule has 5 rings (SSSR count). The molecule has 30 heavy (non-hydrogen) atoms. The normalized spacial score (nSPS) is 30.6. The second kappa shape index (κ2) is 9.30. The van der Waals surface area contributed by atoms with Crippen molar-refractivity contribution in [3.05, 3.63) is 11.6 Å². The van der Waals surface area contributed by atoms with Gasteiger partial charge in [-0.1, -0.05) is 32.1 Å². The number of halogens is 1. The summed E-state index contributed by atoms with van der Waals surface area (Å²) < 4.78 is 8.21. The first kappa shape index (κ1) is 22.3. The van der Waals surface area contributed by atoms with Gasteiger partial charge in [0.25, 0.3) is 0 Å². The first-order valence-electron chi connectivity index (χ1n) is 11.7. The van der Waals surface area contributed by atoms with E-state index in [1.165, 1.54) is 64.2 Å². The maximum absolute atomic E-state index is 6.18. The molecule has 0 aromatic carbocycles. The molecular weight excluding hydrogens is 491 g/mol. The molecule has 0 amide bonds. The molecule has 1 spiro atoms. The van der Waals surface area contributed by atoms with E-state index in [1.807, 2.05) is 18.5 Å². The van der Waals surface area contributed by atoms with E-state index in [1.54, 1.807) is 0 Å². The third kappa shape index (κ3) is 3.98. The summed E-state index contributed by atoms with van der Waals surface area (Å²) >= 11 is 0. The Morgan fingerprint density at radius 2 is 1.87 bits per heavy atom. The molecule has 3 aliphatic carbocycles. The molecule has 1 aromatic rings. The highest BCUT2D eigenvalue weighted by atomic mass is 127. The second-order valence-electron chi connectivity index (χ2n) is 9.67. The summed E-state index contributed by atoms with van der Waals surface area (Å²) in [6, 6.07) is 1.03. The van der Waals surface area contributed by atoms with Crippen molar-refractivity contribution >= 4 is 29.9 Å². The minimum Gasteiger partial charge on any atom is -0.377 e. The minimum absolute atomic E-state index is 0. The Morgan fingerprint density at radius 3 is 2.57 bits per heavy atom. The number of aromatic nitrogens is 3. The molecule has 0 bridgehead atoms. The Hall–Kier alpha value is -0.900. The SMILES string of the molecule is Cc1nnc(CN=C(NC2CCCCC2)NC2C3CCOC3C23CCCC3)n1C.I. The average molecular weight is 528 g/mol. The zero-order chi connectivity index (χ0) is 19.8. The number of aryl methyl sites for hydroxylation is 1. The summed E-state index contributed by atoms with van der Waals surface area (Å²) in [6.45, 7) is 3.47. The van der Waals surface area contributed by atoms with Crippen LogP contribution < -0.4 is 10.6 Å². The monoisotopic (exact) mass is 528 g/mol. The van der Waals surface area contributed by atoms with E-state index >= 15 is 0 Å². The van der Waals surface area contributed by atoms with Gasteiger partial charge in [-0.25, -0.2) is 4.99 Å². The van der Waals surface area contributed by atoms with Crippen molar-refractivity contribution in [2.24, 2.45) is 23.4 Å². The number of aliphatic imine (C=N–C) groups is 1. The number of fused-ring (bicyclic) bond motifs is 2. The van der Waals surface area contributed by atoms with Crippen molar-refractivity contribution in [2.45, 2.75) is 95.9 Å². The Morgan fingerprint density at radius 1 is 1.10 bits per heavy atom. The van der Waals surface area contributed by atoms with Gasteiger partial charge in [-0.15, -0.1) is 34.2 Å². The molecule has 1 aromatic heterocycles. The van der Waals surface area contributed by atoms with Crippen molar-refractivity contribution in [3.8, 4) is 0 Å². The molecule has 1 saturated heterocycles. The van der Waals surface area contributed by atoms with Crippen molar-refractivity contribution in [2.75, 3.05) is 6.61 Å². The molecule has 0 radical (unpaired) electrons. The van der Waals surface area contributed by atoms with Crippen LogP contribution >= 0.6 is 24.0 Å². The molecule has 3 unspecified atom stereocenters. The Kier molecular flexibility index (Phi) is 6.91. The third-order valence-corrected chi connectivity index (χ3v) is 8.09. The first-order chi connectivity index (χ1) is 14.2. The molecule has 3 atom stereocenters. The van der Waals surface area contributed by atoms with Crippen LogP contribution in [0.15, 0.2) is 4.99 Å². The predicted molar refractivity (Wildman–Crippen MR) is 128 cm³/mol. The fourth-order valence-electron chi connectivity index (χ4n) is 6.36. The van der Waals surface area contributed by atoms with Crippen LogP contribution in [0.1, 0.15) is 75.9 Å². The van der Waals surface area contributed by atoms with Gasteiger partial charge in [-0.05, 0) is 39.0 Å². The Labute approximate surface area is 197 Å². The minimum atomic E-state index is 0. The lowest BCUT2D eigenvalue weighted by Gasteiger charge is -2.57. The molecule has 8 heteroatoms. The first-order valence-corrected chi connectivity index (χ1v) is 11.7. The molecule has 3 saturated carbocycles. The van der Waals surface area contributed by atoms with Crippen LogP contribution in [0.4, 0.5) is 0 Å². The van der Waals surface area contributed by atoms with Gasteiger partial charge in [-0.2, -0.15) is 0 Å². The standard InChI is InChI=1S/C22H36N6O.HI/c1-15-26-27-18(28(15)2)14-23-21(24-16-8-4-3-5-9-16)25-19-17-10-13-29-20(17)22(19)11-6-7-12-22;/h16-17,19-20H,3-14H2,1-2H3,(H2,23,24,25);1H. The number of hydrogen-bond donors (Lipinski definition) is 2. The van der Waals surface area contributed by atoms with E-state index in [0.717, 1.165) is 24.2 Å². The maximum Gasteiger partial charge on any atom is 0.192 e. The summed E-state index contributed by atoms with van der Waals surface area (Å²) in [4.78, 5) is 4.98. The maximum atomic E-state index is 6.18. The van der Waals surface area contributed by atoms with Crippen LogP contribution in [0.2, 0.25) is 0 Å². The zero-order valence-corrected chi connectivity index (χ0v) is 20.7. The van der Waals surface area contributed by atoms with Gasteiger partial charge in [-0.3, -0.25) is 0 Å². The smallest absolute Gasteiger partial charge is 0.192 e. The lowest BCUT2D eigenvalue weighted by molar-refractivity contribution is -0.125. The highest BCUT2D eigenvalue weighted by Gasteiger charge is 2.65. The van der Waals surface area contributed by atoms with E-state index in [9.17, 15) is 0 Å². The van der Waals surface area contributed by atoms with Crippen LogP contribution in [-0.4, -0.2) is 45.5 Å². The number of guanidine groups is 1. The zero-order valence-electron chi connectivity index (χ0n) is 18.4. The van der Waals surface area contributed by atoms with E-state index < -0.39 is 0 Å². The summed E-state index contributed by atoms with van der Waals surface area (Å²) in [5.41, 5.74) is 0.331.